The first-order chi connectivity index (χ1) is 12.7. The first kappa shape index (κ1) is 16.4. The SMILES string of the molecule is Cc1ccc(Cn2c(COc3ccccc3C)nc3ccccc32)cc1. The number of aromatic nitrogens is 2. The monoisotopic (exact) mass is 342 g/mol. The van der Waals surface area contributed by atoms with E-state index in [1.54, 1.807) is 0 Å². The average Bonchev–Trinajstić information content (AvgIpc) is 3.00. The molecule has 4 rings (SSSR count). The Morgan fingerprint density at radius 1 is 0.846 bits per heavy atom. The van der Waals surface area contributed by atoms with Crippen LogP contribution in [0.5, 0.6) is 5.75 Å². The minimum atomic E-state index is 0.450. The maximum absolute atomic E-state index is 6.07. The van der Waals surface area contributed by atoms with Crippen LogP contribution >= 0.6 is 0 Å². The summed E-state index contributed by atoms with van der Waals surface area (Å²) >= 11 is 0. The number of para-hydroxylation sites is 3. The molecular formula is C23H22N2O. The zero-order valence-corrected chi connectivity index (χ0v) is 15.1. The van der Waals surface area contributed by atoms with Gasteiger partial charge in [0, 0.05) is 6.54 Å². The first-order valence-electron chi connectivity index (χ1n) is 8.89. The predicted molar refractivity (Wildman–Crippen MR) is 106 cm³/mol. The highest BCUT2D eigenvalue weighted by Gasteiger charge is 2.12. The highest BCUT2D eigenvalue weighted by Crippen LogP contribution is 2.21. The van der Waals surface area contributed by atoms with Crippen LogP contribution in [0.15, 0.2) is 72.8 Å². The number of hydrogen-bond donors (Lipinski definition) is 0. The number of fused-ring (bicyclic) bond motifs is 1. The molecule has 0 saturated carbocycles. The van der Waals surface area contributed by atoms with Crippen LogP contribution in [0.1, 0.15) is 22.5 Å². The fraction of sp³-hybridized carbons (Fsp3) is 0.174. The summed E-state index contributed by atoms with van der Waals surface area (Å²) in [5, 5.41) is 0. The van der Waals surface area contributed by atoms with Crippen LogP contribution in [0.2, 0.25) is 0 Å². The van der Waals surface area contributed by atoms with Crippen molar-refractivity contribution in [3.8, 4) is 5.75 Å². The third-order valence-electron chi connectivity index (χ3n) is 4.65. The van der Waals surface area contributed by atoms with Gasteiger partial charge in [0.05, 0.1) is 11.0 Å². The van der Waals surface area contributed by atoms with Crippen LogP contribution in [0.3, 0.4) is 0 Å². The standard InChI is InChI=1S/C23H22N2O/c1-17-11-13-19(14-12-17)15-25-21-9-5-4-8-20(21)24-23(25)16-26-22-10-6-3-7-18(22)2/h3-14H,15-16H2,1-2H3. The Kier molecular flexibility index (Phi) is 4.44. The predicted octanol–water partition coefficient (Wildman–Crippen LogP) is 5.28. The van der Waals surface area contributed by atoms with Gasteiger partial charge < -0.3 is 9.30 Å². The Balaban J connectivity index is 1.67. The highest BCUT2D eigenvalue weighted by molar-refractivity contribution is 5.76. The molecule has 1 heterocycles. The Labute approximate surface area is 153 Å². The molecule has 0 fully saturated rings. The van der Waals surface area contributed by atoms with Crippen LogP contribution in [0, 0.1) is 13.8 Å². The molecule has 0 bridgehead atoms. The van der Waals surface area contributed by atoms with E-state index in [0.717, 1.165) is 34.7 Å². The van der Waals surface area contributed by atoms with Crippen LogP contribution < -0.4 is 4.74 Å². The third-order valence-corrected chi connectivity index (χ3v) is 4.65. The van der Waals surface area contributed by atoms with Crippen LogP contribution in [0.25, 0.3) is 11.0 Å². The van der Waals surface area contributed by atoms with Crippen molar-refractivity contribution in [2.75, 3.05) is 0 Å². The fourth-order valence-corrected chi connectivity index (χ4v) is 3.15. The summed E-state index contributed by atoms with van der Waals surface area (Å²) in [6.07, 6.45) is 0. The fourth-order valence-electron chi connectivity index (χ4n) is 3.15. The third kappa shape index (κ3) is 3.33. The quantitative estimate of drug-likeness (QED) is 0.493. The highest BCUT2D eigenvalue weighted by atomic mass is 16.5. The van der Waals surface area contributed by atoms with Crippen molar-refractivity contribution in [1.82, 2.24) is 9.55 Å². The molecule has 3 nitrogen and oxygen atoms in total. The molecule has 4 aromatic rings. The zero-order chi connectivity index (χ0) is 17.9. The molecule has 0 aliphatic heterocycles. The molecule has 0 aliphatic carbocycles. The van der Waals surface area contributed by atoms with Gasteiger partial charge in [0.25, 0.3) is 0 Å². The molecular weight excluding hydrogens is 320 g/mol. The maximum atomic E-state index is 6.07. The van der Waals surface area contributed by atoms with Crippen molar-refractivity contribution in [3.05, 3.63) is 95.3 Å². The summed E-state index contributed by atoms with van der Waals surface area (Å²) in [7, 11) is 0. The molecule has 130 valence electrons. The number of ether oxygens (including phenoxy) is 1. The van der Waals surface area contributed by atoms with Gasteiger partial charge >= 0.3 is 0 Å². The van der Waals surface area contributed by atoms with Gasteiger partial charge in [-0.05, 0) is 43.2 Å². The van der Waals surface area contributed by atoms with E-state index in [0.29, 0.717) is 6.61 Å². The topological polar surface area (TPSA) is 27.1 Å². The number of imidazole rings is 1. The van der Waals surface area contributed by atoms with Gasteiger partial charge in [-0.15, -0.1) is 0 Å². The Hall–Kier alpha value is -3.07. The Morgan fingerprint density at radius 3 is 2.38 bits per heavy atom. The van der Waals surface area contributed by atoms with E-state index in [1.165, 1.54) is 11.1 Å². The lowest BCUT2D eigenvalue weighted by molar-refractivity contribution is 0.289. The molecule has 0 atom stereocenters. The zero-order valence-electron chi connectivity index (χ0n) is 15.1. The summed E-state index contributed by atoms with van der Waals surface area (Å²) < 4.78 is 8.31. The molecule has 0 saturated heterocycles. The number of rotatable bonds is 5. The molecule has 0 N–H and O–H groups in total. The summed E-state index contributed by atoms with van der Waals surface area (Å²) in [6.45, 7) is 5.40. The average molecular weight is 342 g/mol. The summed E-state index contributed by atoms with van der Waals surface area (Å²) in [5.41, 5.74) is 5.80. The number of nitrogens with zero attached hydrogens (tertiary/aromatic N) is 2. The maximum Gasteiger partial charge on any atom is 0.148 e. The summed E-state index contributed by atoms with van der Waals surface area (Å²) in [6, 6.07) is 25.0. The second-order valence-electron chi connectivity index (χ2n) is 6.64. The summed E-state index contributed by atoms with van der Waals surface area (Å²) in [4.78, 5) is 4.81. The Bertz CT molecular complexity index is 1030. The van der Waals surface area contributed by atoms with Crippen LogP contribution in [-0.4, -0.2) is 9.55 Å². The first-order valence-corrected chi connectivity index (χ1v) is 8.89. The molecule has 1 aromatic heterocycles. The van der Waals surface area contributed by atoms with Crippen molar-refractivity contribution in [1.29, 1.82) is 0 Å². The van der Waals surface area contributed by atoms with Crippen molar-refractivity contribution in [2.24, 2.45) is 0 Å². The van der Waals surface area contributed by atoms with Gasteiger partial charge in [-0.1, -0.05) is 60.2 Å². The van der Waals surface area contributed by atoms with E-state index in [-0.39, 0.29) is 0 Å². The smallest absolute Gasteiger partial charge is 0.148 e. The van der Waals surface area contributed by atoms with E-state index in [2.05, 4.69) is 66.9 Å². The van der Waals surface area contributed by atoms with Gasteiger partial charge in [0.1, 0.15) is 18.2 Å². The van der Waals surface area contributed by atoms with E-state index in [9.17, 15) is 0 Å². The normalized spacial score (nSPS) is 11.0. The van der Waals surface area contributed by atoms with Gasteiger partial charge in [0.15, 0.2) is 0 Å². The van der Waals surface area contributed by atoms with E-state index in [4.69, 9.17) is 9.72 Å². The lowest BCUT2D eigenvalue weighted by Crippen LogP contribution is -2.08. The van der Waals surface area contributed by atoms with Gasteiger partial charge in [-0.25, -0.2) is 4.98 Å². The molecule has 0 spiro atoms. The van der Waals surface area contributed by atoms with E-state index < -0.39 is 0 Å². The van der Waals surface area contributed by atoms with Crippen LogP contribution in [-0.2, 0) is 13.2 Å². The van der Waals surface area contributed by atoms with Gasteiger partial charge in [-0.3, -0.25) is 0 Å². The summed E-state index contributed by atoms with van der Waals surface area (Å²) in [5.74, 6) is 1.84. The number of hydrogen-bond acceptors (Lipinski definition) is 2. The molecule has 0 aliphatic rings. The second-order valence-corrected chi connectivity index (χ2v) is 6.64. The Morgan fingerprint density at radius 2 is 1.58 bits per heavy atom. The molecule has 3 heteroatoms. The molecule has 3 aromatic carbocycles. The molecule has 0 amide bonds. The number of benzene rings is 3. The molecule has 0 radical (unpaired) electrons. The van der Waals surface area contributed by atoms with Gasteiger partial charge in [-0.2, -0.15) is 0 Å². The van der Waals surface area contributed by atoms with Crippen molar-refractivity contribution in [3.63, 3.8) is 0 Å². The van der Waals surface area contributed by atoms with Crippen molar-refractivity contribution >= 4 is 11.0 Å². The van der Waals surface area contributed by atoms with Crippen molar-refractivity contribution < 1.29 is 4.74 Å². The molecule has 0 unspecified atom stereocenters. The number of aryl methyl sites for hydroxylation is 2. The van der Waals surface area contributed by atoms with Gasteiger partial charge in [0.2, 0.25) is 0 Å². The lowest BCUT2D eigenvalue weighted by atomic mass is 10.1. The largest absolute Gasteiger partial charge is 0.485 e. The minimum absolute atomic E-state index is 0.450. The lowest BCUT2D eigenvalue weighted by Gasteiger charge is -2.12. The molecule has 26 heavy (non-hydrogen) atoms. The van der Waals surface area contributed by atoms with E-state index in [1.807, 2.05) is 24.3 Å². The van der Waals surface area contributed by atoms with E-state index >= 15 is 0 Å². The van der Waals surface area contributed by atoms with Crippen LogP contribution in [0.4, 0.5) is 0 Å². The second kappa shape index (κ2) is 7.04. The minimum Gasteiger partial charge on any atom is -0.485 e. The van der Waals surface area contributed by atoms with Crippen molar-refractivity contribution in [2.45, 2.75) is 27.0 Å².